The maximum absolute atomic E-state index is 6.67. The van der Waals surface area contributed by atoms with Crippen molar-refractivity contribution in [1.82, 2.24) is 0 Å². The topological polar surface area (TPSA) is 16.4 Å². The Labute approximate surface area is 367 Å². The molecule has 0 fully saturated rings. The van der Waals surface area contributed by atoms with E-state index in [4.69, 9.17) is 4.42 Å². The van der Waals surface area contributed by atoms with Gasteiger partial charge in [-0.1, -0.05) is 188 Å². The van der Waals surface area contributed by atoms with Crippen molar-refractivity contribution in [3.63, 3.8) is 0 Å². The third-order valence-electron chi connectivity index (χ3n) is 13.8. The van der Waals surface area contributed by atoms with Gasteiger partial charge in [0.1, 0.15) is 5.58 Å². The first-order valence-electron chi connectivity index (χ1n) is 22.1. The zero-order valence-electron chi connectivity index (χ0n) is 34.6. The predicted molar refractivity (Wildman–Crippen MR) is 262 cm³/mol. The fourth-order valence-electron chi connectivity index (χ4n) is 11.2. The van der Waals surface area contributed by atoms with Crippen LogP contribution in [0.3, 0.4) is 0 Å². The standard InChI is InChI=1S/C61H41NO/c1-2-16-40(17-3-1)41-32-36-43(37-33-41)62(57-30-15-25-51-50-22-9-13-31-58(50)63-60(51)57)44-38-34-42(35-39-44)45-24-14-29-56-59(45)52-23-8-12-28-55(52)61(56)53-26-10-6-20-48(53)46-18-4-5-19-47(46)49-21-7-11-27-54(49)61/h1-10,12-26,28-39H,11,27H2. The van der Waals surface area contributed by atoms with Crippen LogP contribution in [0.4, 0.5) is 17.1 Å². The summed E-state index contributed by atoms with van der Waals surface area (Å²) in [7, 11) is 0. The molecule has 1 unspecified atom stereocenters. The molecular weight excluding hydrogens is 763 g/mol. The van der Waals surface area contributed by atoms with Gasteiger partial charge in [0.2, 0.25) is 0 Å². The van der Waals surface area contributed by atoms with Gasteiger partial charge in [0.25, 0.3) is 0 Å². The van der Waals surface area contributed by atoms with Gasteiger partial charge < -0.3 is 9.32 Å². The smallest absolute Gasteiger partial charge is 0.159 e. The molecule has 9 aromatic carbocycles. The molecule has 2 nitrogen and oxygen atoms in total. The highest BCUT2D eigenvalue weighted by atomic mass is 16.3. The second kappa shape index (κ2) is 14.1. The summed E-state index contributed by atoms with van der Waals surface area (Å²) >= 11 is 0. The molecule has 0 N–H and O–H groups in total. The molecule has 0 radical (unpaired) electrons. The fraction of sp³-hybridized carbons (Fsp3) is 0.0492. The number of rotatable bonds is 5. The van der Waals surface area contributed by atoms with E-state index in [0.717, 1.165) is 51.8 Å². The Kier molecular flexibility index (Phi) is 7.98. The maximum atomic E-state index is 6.67. The summed E-state index contributed by atoms with van der Waals surface area (Å²) in [5, 5.41) is 2.22. The number of fused-ring (bicyclic) bond motifs is 14. The highest BCUT2D eigenvalue weighted by molar-refractivity contribution is 6.10. The van der Waals surface area contributed by atoms with Crippen LogP contribution in [0, 0.1) is 0 Å². The van der Waals surface area contributed by atoms with E-state index in [2.05, 4.69) is 223 Å². The molecule has 1 spiro atoms. The number of hydrogen-bond donors (Lipinski definition) is 0. The normalized spacial score (nSPS) is 15.7. The first-order chi connectivity index (χ1) is 31.3. The number of benzene rings is 9. The van der Waals surface area contributed by atoms with Gasteiger partial charge in [-0.3, -0.25) is 0 Å². The van der Waals surface area contributed by atoms with Crippen molar-refractivity contribution < 1.29 is 4.42 Å². The summed E-state index contributed by atoms with van der Waals surface area (Å²) in [5.41, 5.74) is 22.8. The Morgan fingerprint density at radius 1 is 0.413 bits per heavy atom. The second-order valence-corrected chi connectivity index (χ2v) is 17.0. The lowest BCUT2D eigenvalue weighted by Crippen LogP contribution is -2.31. The van der Waals surface area contributed by atoms with Gasteiger partial charge in [0.15, 0.2) is 5.58 Å². The van der Waals surface area contributed by atoms with Crippen molar-refractivity contribution in [3.8, 4) is 44.5 Å². The third kappa shape index (κ3) is 5.25. The van der Waals surface area contributed by atoms with Crippen molar-refractivity contribution in [3.05, 3.63) is 252 Å². The van der Waals surface area contributed by atoms with Crippen LogP contribution in [0.1, 0.15) is 35.1 Å². The quantitative estimate of drug-likeness (QED) is 0.172. The maximum Gasteiger partial charge on any atom is 0.159 e. The molecule has 3 aliphatic carbocycles. The Bertz CT molecular complexity index is 3500. The number of para-hydroxylation sites is 2. The van der Waals surface area contributed by atoms with Crippen LogP contribution < -0.4 is 4.90 Å². The first-order valence-corrected chi connectivity index (χ1v) is 22.1. The second-order valence-electron chi connectivity index (χ2n) is 17.0. The van der Waals surface area contributed by atoms with Gasteiger partial charge in [-0.25, -0.2) is 0 Å². The molecule has 1 atom stereocenters. The summed E-state index contributed by atoms with van der Waals surface area (Å²) in [6.45, 7) is 0. The van der Waals surface area contributed by atoms with E-state index in [1.54, 1.807) is 0 Å². The Balaban J connectivity index is 0.998. The van der Waals surface area contributed by atoms with Crippen molar-refractivity contribution >= 4 is 44.6 Å². The van der Waals surface area contributed by atoms with E-state index in [9.17, 15) is 0 Å². The summed E-state index contributed by atoms with van der Waals surface area (Å²) in [4.78, 5) is 2.34. The zero-order chi connectivity index (χ0) is 41.5. The van der Waals surface area contributed by atoms with Crippen LogP contribution in [-0.2, 0) is 5.41 Å². The SMILES string of the molecule is C1=CC2=C(CC1)C1(c3ccccc3-c3ccccc32)c2ccccc2-c2c(-c3ccc(N(c4ccc(-c5ccccc5)cc4)c4cccc5c4oc4ccccc45)cc3)cccc21. The zero-order valence-corrected chi connectivity index (χ0v) is 34.6. The summed E-state index contributed by atoms with van der Waals surface area (Å²) < 4.78 is 6.67. The molecule has 10 aromatic rings. The summed E-state index contributed by atoms with van der Waals surface area (Å²) in [6.07, 6.45) is 6.80. The minimum absolute atomic E-state index is 0.439. The predicted octanol–water partition coefficient (Wildman–Crippen LogP) is 16.5. The summed E-state index contributed by atoms with van der Waals surface area (Å²) in [6, 6.07) is 77.9. The molecule has 0 saturated heterocycles. The monoisotopic (exact) mass is 803 g/mol. The van der Waals surface area contributed by atoms with Crippen molar-refractivity contribution in [2.24, 2.45) is 0 Å². The molecule has 0 saturated carbocycles. The van der Waals surface area contributed by atoms with Crippen molar-refractivity contribution in [1.29, 1.82) is 0 Å². The van der Waals surface area contributed by atoms with Gasteiger partial charge in [0.05, 0.1) is 11.1 Å². The minimum atomic E-state index is -0.439. The van der Waals surface area contributed by atoms with Gasteiger partial charge in [-0.15, -0.1) is 0 Å². The molecule has 3 aliphatic rings. The number of hydrogen-bond acceptors (Lipinski definition) is 2. The average molecular weight is 804 g/mol. The third-order valence-corrected chi connectivity index (χ3v) is 13.8. The molecule has 0 bridgehead atoms. The highest BCUT2D eigenvalue weighted by Crippen LogP contribution is 2.63. The summed E-state index contributed by atoms with van der Waals surface area (Å²) in [5.74, 6) is 0. The van der Waals surface area contributed by atoms with Crippen LogP contribution in [0.15, 0.2) is 234 Å². The number of nitrogens with zero attached hydrogens (tertiary/aromatic N) is 1. The molecule has 0 amide bonds. The molecular formula is C61H41NO. The van der Waals surface area contributed by atoms with Crippen molar-refractivity contribution in [2.45, 2.75) is 18.3 Å². The van der Waals surface area contributed by atoms with E-state index in [0.29, 0.717) is 0 Å². The molecule has 13 rings (SSSR count). The Morgan fingerprint density at radius 2 is 0.984 bits per heavy atom. The molecule has 63 heavy (non-hydrogen) atoms. The van der Waals surface area contributed by atoms with Gasteiger partial charge >= 0.3 is 0 Å². The average Bonchev–Trinajstić information content (AvgIpc) is 3.86. The Morgan fingerprint density at radius 3 is 1.78 bits per heavy atom. The first kappa shape index (κ1) is 35.8. The van der Waals surface area contributed by atoms with Crippen molar-refractivity contribution in [2.75, 3.05) is 4.90 Å². The van der Waals surface area contributed by atoms with Crippen LogP contribution in [0.2, 0.25) is 0 Å². The van der Waals surface area contributed by atoms with Crippen LogP contribution in [0.25, 0.3) is 72.0 Å². The number of furan rings is 1. The highest BCUT2D eigenvalue weighted by Gasteiger charge is 2.51. The lowest BCUT2D eigenvalue weighted by atomic mass is 9.63. The molecule has 296 valence electrons. The lowest BCUT2D eigenvalue weighted by molar-refractivity contribution is 0.669. The minimum Gasteiger partial charge on any atom is -0.454 e. The number of allylic oxidation sites excluding steroid dienone is 4. The van der Waals surface area contributed by atoms with Gasteiger partial charge in [-0.2, -0.15) is 0 Å². The van der Waals surface area contributed by atoms with Gasteiger partial charge in [-0.05, 0) is 127 Å². The molecule has 0 aliphatic heterocycles. The van der Waals surface area contributed by atoms with E-state index >= 15 is 0 Å². The van der Waals surface area contributed by atoms with E-state index < -0.39 is 5.41 Å². The van der Waals surface area contributed by atoms with E-state index in [1.165, 1.54) is 77.9 Å². The van der Waals surface area contributed by atoms with E-state index in [-0.39, 0.29) is 0 Å². The molecule has 1 aromatic heterocycles. The van der Waals surface area contributed by atoms with Crippen LogP contribution in [-0.4, -0.2) is 0 Å². The fourth-order valence-corrected chi connectivity index (χ4v) is 11.2. The van der Waals surface area contributed by atoms with Crippen LogP contribution >= 0.6 is 0 Å². The Hall–Kier alpha value is -7.94. The lowest BCUT2D eigenvalue weighted by Gasteiger charge is -2.38. The largest absolute Gasteiger partial charge is 0.454 e. The van der Waals surface area contributed by atoms with Crippen LogP contribution in [0.5, 0.6) is 0 Å². The number of anilines is 3. The molecule has 1 heterocycles. The molecule has 2 heteroatoms. The van der Waals surface area contributed by atoms with Gasteiger partial charge in [0, 0.05) is 22.1 Å². The van der Waals surface area contributed by atoms with E-state index in [1.807, 2.05) is 6.07 Å².